The molecular weight excluding hydrogens is 371 g/mol. The monoisotopic (exact) mass is 403 g/mol. The zero-order chi connectivity index (χ0) is 18.9. The SMILES string of the molecule is COP1(OC)=NP(NC(C)(C)C)(NC(C)(C)C)=NP(OC)(OC)=N1. The fourth-order valence-electron chi connectivity index (χ4n) is 2.02. The molecule has 0 saturated heterocycles. The molecule has 0 spiro atoms. The third-order valence-corrected chi connectivity index (χ3v) is 12.2. The van der Waals surface area contributed by atoms with Crippen LogP contribution in [-0.4, -0.2) is 39.5 Å². The van der Waals surface area contributed by atoms with Gasteiger partial charge in [-0.2, -0.15) is 9.03 Å². The van der Waals surface area contributed by atoms with Crippen molar-refractivity contribution >= 4 is 22.8 Å². The van der Waals surface area contributed by atoms with Crippen LogP contribution in [0, 0.1) is 0 Å². The molecule has 0 aromatic carbocycles. The minimum atomic E-state index is -2.92. The summed E-state index contributed by atoms with van der Waals surface area (Å²) in [6.07, 6.45) is 0. The summed E-state index contributed by atoms with van der Waals surface area (Å²) in [4.78, 5) is 0. The number of hydrogen-bond acceptors (Lipinski definition) is 9. The fourth-order valence-corrected chi connectivity index (χ4v) is 12.5. The van der Waals surface area contributed by atoms with Crippen molar-refractivity contribution in [2.75, 3.05) is 28.4 Å². The molecular formula is C12H32N5O4P3. The van der Waals surface area contributed by atoms with Gasteiger partial charge in [-0.05, 0) is 41.5 Å². The van der Waals surface area contributed by atoms with E-state index in [1.165, 1.54) is 28.4 Å². The summed E-state index contributed by atoms with van der Waals surface area (Å²) >= 11 is 0. The smallest absolute Gasteiger partial charge is 0.310 e. The lowest BCUT2D eigenvalue weighted by molar-refractivity contribution is 0.313. The largest absolute Gasteiger partial charge is 0.346 e. The molecule has 1 heterocycles. The first kappa shape index (κ1) is 22.5. The van der Waals surface area contributed by atoms with Crippen molar-refractivity contribution in [3.63, 3.8) is 0 Å². The van der Waals surface area contributed by atoms with Gasteiger partial charge in [-0.25, -0.2) is 10.2 Å². The minimum Gasteiger partial charge on any atom is -0.310 e. The zero-order valence-electron chi connectivity index (χ0n) is 16.3. The molecule has 0 fully saturated rings. The van der Waals surface area contributed by atoms with Crippen LogP contribution in [0.15, 0.2) is 13.5 Å². The summed E-state index contributed by atoms with van der Waals surface area (Å²) in [5, 5.41) is 7.03. The van der Waals surface area contributed by atoms with E-state index >= 15 is 0 Å². The van der Waals surface area contributed by atoms with E-state index in [0.717, 1.165) is 0 Å². The molecule has 0 radical (unpaired) electrons. The van der Waals surface area contributed by atoms with Gasteiger partial charge in [0.05, 0.1) is 0 Å². The second-order valence-corrected chi connectivity index (χ2v) is 14.5. The molecule has 0 aromatic rings. The van der Waals surface area contributed by atoms with E-state index in [2.05, 4.69) is 56.2 Å². The van der Waals surface area contributed by atoms with Gasteiger partial charge in [0.25, 0.3) is 0 Å². The van der Waals surface area contributed by atoms with E-state index in [9.17, 15) is 0 Å². The van der Waals surface area contributed by atoms with E-state index in [4.69, 9.17) is 27.1 Å². The van der Waals surface area contributed by atoms with Crippen molar-refractivity contribution < 1.29 is 18.1 Å². The summed E-state index contributed by atoms with van der Waals surface area (Å²) in [5.74, 6) is 0. The molecule has 0 atom stereocenters. The quantitative estimate of drug-likeness (QED) is 0.592. The Kier molecular flexibility index (Phi) is 7.12. The van der Waals surface area contributed by atoms with Crippen LogP contribution in [0.2, 0.25) is 0 Å². The first-order chi connectivity index (χ1) is 10.8. The van der Waals surface area contributed by atoms with E-state index < -0.39 is 22.8 Å². The van der Waals surface area contributed by atoms with Crippen LogP contribution in [0.4, 0.5) is 0 Å². The molecule has 0 bridgehead atoms. The average Bonchev–Trinajstić information content (AvgIpc) is 2.42. The Bertz CT molecular complexity index is 574. The van der Waals surface area contributed by atoms with Gasteiger partial charge in [0.1, 0.15) is 0 Å². The Morgan fingerprint density at radius 2 is 0.917 bits per heavy atom. The molecule has 0 amide bonds. The van der Waals surface area contributed by atoms with E-state index in [1.807, 2.05) is 0 Å². The van der Waals surface area contributed by atoms with Crippen LogP contribution in [0.5, 0.6) is 0 Å². The normalized spacial score (nSPS) is 22.2. The first-order valence-electron chi connectivity index (χ1n) is 7.51. The Hall–Kier alpha value is 0.450. The zero-order valence-corrected chi connectivity index (χ0v) is 19.0. The van der Waals surface area contributed by atoms with Crippen molar-refractivity contribution in [2.24, 2.45) is 13.5 Å². The molecule has 1 aliphatic heterocycles. The van der Waals surface area contributed by atoms with E-state index in [1.54, 1.807) is 0 Å². The highest BCUT2D eigenvalue weighted by molar-refractivity contribution is 7.80. The van der Waals surface area contributed by atoms with Crippen molar-refractivity contribution in [1.29, 1.82) is 0 Å². The van der Waals surface area contributed by atoms with Crippen molar-refractivity contribution in [1.82, 2.24) is 10.2 Å². The fraction of sp³-hybridized carbons (Fsp3) is 1.00. The second kappa shape index (κ2) is 7.59. The standard InChI is InChI=1S/C12H32N5O4P3/c1-11(2,3)13-22(14-12(4,5)6)15-23(18-7,19-8)17-24(16-22,20-9)21-10/h13-14H,1-10H3. The molecule has 0 saturated carbocycles. The van der Waals surface area contributed by atoms with Gasteiger partial charge in [0.15, 0.2) is 0 Å². The Morgan fingerprint density at radius 3 is 1.21 bits per heavy atom. The van der Waals surface area contributed by atoms with Gasteiger partial charge in [-0.3, -0.25) is 0 Å². The molecule has 12 heteroatoms. The number of nitrogens with zero attached hydrogens (tertiary/aromatic N) is 3. The van der Waals surface area contributed by atoms with Crippen LogP contribution in [0.1, 0.15) is 41.5 Å². The van der Waals surface area contributed by atoms with Crippen LogP contribution in [0.3, 0.4) is 0 Å². The predicted octanol–water partition coefficient (Wildman–Crippen LogP) is 5.20. The van der Waals surface area contributed by atoms with Gasteiger partial charge in [-0.15, -0.1) is 4.52 Å². The molecule has 1 aliphatic rings. The maximum absolute atomic E-state index is 5.58. The lowest BCUT2D eigenvalue weighted by atomic mass is 10.1. The molecule has 1 rings (SSSR count). The molecule has 24 heavy (non-hydrogen) atoms. The highest BCUT2D eigenvalue weighted by Gasteiger charge is 2.42. The molecule has 9 nitrogen and oxygen atoms in total. The molecule has 0 aromatic heterocycles. The van der Waals surface area contributed by atoms with Gasteiger partial charge in [-0.1, -0.05) is 0 Å². The van der Waals surface area contributed by atoms with E-state index in [0.29, 0.717) is 0 Å². The summed E-state index contributed by atoms with van der Waals surface area (Å²) in [7, 11) is -2.42. The van der Waals surface area contributed by atoms with Gasteiger partial charge >= 0.3 is 15.3 Å². The van der Waals surface area contributed by atoms with Crippen molar-refractivity contribution in [3.05, 3.63) is 0 Å². The van der Waals surface area contributed by atoms with E-state index in [-0.39, 0.29) is 11.1 Å². The van der Waals surface area contributed by atoms with Gasteiger partial charge < -0.3 is 18.1 Å². The van der Waals surface area contributed by atoms with Crippen molar-refractivity contribution in [3.8, 4) is 0 Å². The Morgan fingerprint density at radius 1 is 0.583 bits per heavy atom. The predicted molar refractivity (Wildman–Crippen MR) is 102 cm³/mol. The Labute approximate surface area is 146 Å². The number of nitrogens with one attached hydrogen (secondary N) is 2. The molecule has 144 valence electrons. The van der Waals surface area contributed by atoms with Crippen LogP contribution in [-0.2, 0) is 18.1 Å². The summed E-state index contributed by atoms with van der Waals surface area (Å²) in [6.45, 7) is 12.3. The maximum atomic E-state index is 5.58. The molecule has 0 aliphatic carbocycles. The summed E-state index contributed by atoms with van der Waals surface area (Å²) < 4.78 is 36.5. The first-order valence-corrected chi connectivity index (χ1v) is 12.3. The van der Waals surface area contributed by atoms with Crippen LogP contribution in [0.25, 0.3) is 0 Å². The molecule has 0 unspecified atom stereocenters. The Balaban J connectivity index is 3.80. The highest BCUT2D eigenvalue weighted by atomic mass is 31.3. The van der Waals surface area contributed by atoms with Gasteiger partial charge in [0.2, 0.25) is 7.51 Å². The van der Waals surface area contributed by atoms with Crippen molar-refractivity contribution in [2.45, 2.75) is 52.6 Å². The second-order valence-electron chi connectivity index (χ2n) is 7.30. The topological polar surface area (TPSA) is 98.1 Å². The van der Waals surface area contributed by atoms with Crippen LogP contribution >= 0.6 is 22.8 Å². The summed E-state index contributed by atoms with van der Waals surface area (Å²) in [6, 6.07) is 0. The number of hydrogen-bond donors (Lipinski definition) is 2. The van der Waals surface area contributed by atoms with Crippen LogP contribution < -0.4 is 10.2 Å². The third-order valence-electron chi connectivity index (χ3n) is 2.64. The third kappa shape index (κ3) is 5.73. The van der Waals surface area contributed by atoms with Gasteiger partial charge in [0, 0.05) is 39.5 Å². The minimum absolute atomic E-state index is 0.259. The lowest BCUT2D eigenvalue weighted by Crippen LogP contribution is -2.42. The average molecular weight is 403 g/mol. The maximum Gasteiger partial charge on any atom is 0.346 e. The summed E-state index contributed by atoms with van der Waals surface area (Å²) in [5.41, 5.74) is -0.519. The highest BCUT2D eigenvalue weighted by Crippen LogP contribution is 2.77. The number of rotatable bonds is 6. The lowest BCUT2D eigenvalue weighted by Gasteiger charge is -2.39. The molecule has 2 N–H and O–H groups in total.